The van der Waals surface area contributed by atoms with Gasteiger partial charge in [0.2, 0.25) is 0 Å². The Morgan fingerprint density at radius 2 is 1.71 bits per heavy atom. The maximum Gasteiger partial charge on any atom is 0.252 e. The first-order chi connectivity index (χ1) is 16.7. The van der Waals surface area contributed by atoms with Gasteiger partial charge in [0.1, 0.15) is 5.82 Å². The molecule has 34 heavy (non-hydrogen) atoms. The first kappa shape index (κ1) is 22.1. The summed E-state index contributed by atoms with van der Waals surface area (Å²) in [6.07, 6.45) is 3.14. The molecule has 1 aromatic heterocycles. The van der Waals surface area contributed by atoms with Gasteiger partial charge in [0.25, 0.3) is 5.91 Å². The van der Waals surface area contributed by atoms with Gasteiger partial charge in [-0.25, -0.2) is 4.98 Å². The lowest BCUT2D eigenvalue weighted by Gasteiger charge is -2.32. The number of hydrogen-bond acceptors (Lipinski definition) is 3. The highest BCUT2D eigenvalue weighted by Crippen LogP contribution is 2.28. The molecular formula is C30H31N3O. The molecule has 1 N–H and O–H groups in total. The SMILES string of the molecule is CC1CCCN(c2cc(C(=O)NC(Cc3ccccc3)c3ccccc3)c3ccccc3n2)C1. The Bertz CT molecular complexity index is 1260. The first-order valence-electron chi connectivity index (χ1n) is 12.2. The van der Waals surface area contributed by atoms with Crippen molar-refractivity contribution < 1.29 is 4.79 Å². The number of amides is 1. The van der Waals surface area contributed by atoms with Crippen molar-refractivity contribution in [2.24, 2.45) is 5.92 Å². The lowest BCUT2D eigenvalue weighted by Crippen LogP contribution is -2.35. The number of carbonyl (C=O) groups excluding carboxylic acids is 1. The van der Waals surface area contributed by atoms with Gasteiger partial charge in [-0.15, -0.1) is 0 Å². The maximum absolute atomic E-state index is 13.8. The van der Waals surface area contributed by atoms with E-state index in [9.17, 15) is 4.79 Å². The smallest absolute Gasteiger partial charge is 0.252 e. The van der Waals surface area contributed by atoms with Crippen molar-refractivity contribution in [1.29, 1.82) is 0 Å². The third kappa shape index (κ3) is 4.96. The molecule has 1 fully saturated rings. The zero-order valence-corrected chi connectivity index (χ0v) is 19.7. The highest BCUT2D eigenvalue weighted by molar-refractivity contribution is 6.07. The summed E-state index contributed by atoms with van der Waals surface area (Å²) >= 11 is 0. The molecule has 1 saturated heterocycles. The number of para-hydroxylation sites is 1. The fraction of sp³-hybridized carbons (Fsp3) is 0.267. The van der Waals surface area contributed by atoms with Crippen LogP contribution in [0.2, 0.25) is 0 Å². The molecule has 2 unspecified atom stereocenters. The van der Waals surface area contributed by atoms with Crippen molar-refractivity contribution >= 4 is 22.6 Å². The number of carbonyl (C=O) groups is 1. The third-order valence-electron chi connectivity index (χ3n) is 6.72. The molecule has 0 radical (unpaired) electrons. The predicted molar refractivity (Wildman–Crippen MR) is 139 cm³/mol. The summed E-state index contributed by atoms with van der Waals surface area (Å²) in [6.45, 7) is 4.25. The molecule has 2 heterocycles. The van der Waals surface area contributed by atoms with Crippen LogP contribution < -0.4 is 10.2 Å². The van der Waals surface area contributed by atoms with Gasteiger partial charge in [-0.2, -0.15) is 0 Å². The van der Waals surface area contributed by atoms with Gasteiger partial charge >= 0.3 is 0 Å². The molecule has 172 valence electrons. The number of hydrogen-bond donors (Lipinski definition) is 1. The van der Waals surface area contributed by atoms with Crippen LogP contribution in [0.4, 0.5) is 5.82 Å². The topological polar surface area (TPSA) is 45.2 Å². The van der Waals surface area contributed by atoms with Crippen molar-refractivity contribution in [3.05, 3.63) is 108 Å². The molecule has 2 atom stereocenters. The van der Waals surface area contributed by atoms with Crippen LogP contribution in [0.1, 0.15) is 47.3 Å². The Balaban J connectivity index is 1.49. The predicted octanol–water partition coefficient (Wildman–Crippen LogP) is 6.18. The Kier molecular flexibility index (Phi) is 6.57. The molecule has 4 aromatic rings. The van der Waals surface area contributed by atoms with Gasteiger partial charge in [0, 0.05) is 18.5 Å². The normalized spacial score (nSPS) is 16.9. The van der Waals surface area contributed by atoms with Crippen molar-refractivity contribution in [3.63, 3.8) is 0 Å². The van der Waals surface area contributed by atoms with Gasteiger partial charge in [-0.1, -0.05) is 85.8 Å². The largest absolute Gasteiger partial charge is 0.356 e. The maximum atomic E-state index is 13.8. The summed E-state index contributed by atoms with van der Waals surface area (Å²) in [4.78, 5) is 21.0. The molecule has 0 bridgehead atoms. The van der Waals surface area contributed by atoms with Crippen LogP contribution in [0, 0.1) is 5.92 Å². The third-order valence-corrected chi connectivity index (χ3v) is 6.72. The molecule has 5 rings (SSSR count). The lowest BCUT2D eigenvalue weighted by molar-refractivity contribution is 0.0938. The van der Waals surface area contributed by atoms with Crippen LogP contribution in [0.15, 0.2) is 91.0 Å². The van der Waals surface area contributed by atoms with E-state index in [1.54, 1.807) is 0 Å². The van der Waals surface area contributed by atoms with E-state index in [0.29, 0.717) is 11.5 Å². The minimum Gasteiger partial charge on any atom is -0.356 e. The quantitative estimate of drug-likeness (QED) is 0.382. The molecule has 0 saturated carbocycles. The Labute approximate surface area is 201 Å². The second kappa shape index (κ2) is 10.1. The Morgan fingerprint density at radius 3 is 2.47 bits per heavy atom. The minimum atomic E-state index is -0.124. The van der Waals surface area contributed by atoms with E-state index in [-0.39, 0.29) is 11.9 Å². The number of fused-ring (bicyclic) bond motifs is 1. The number of piperidine rings is 1. The molecular weight excluding hydrogens is 418 g/mol. The zero-order chi connectivity index (χ0) is 23.3. The fourth-order valence-corrected chi connectivity index (χ4v) is 4.93. The molecule has 4 heteroatoms. The van der Waals surface area contributed by atoms with Crippen LogP contribution in [-0.4, -0.2) is 24.0 Å². The number of nitrogens with one attached hydrogen (secondary N) is 1. The van der Waals surface area contributed by atoms with Crippen LogP contribution in [0.5, 0.6) is 0 Å². The van der Waals surface area contributed by atoms with Gasteiger partial charge in [-0.3, -0.25) is 4.79 Å². The molecule has 0 spiro atoms. The van der Waals surface area contributed by atoms with Gasteiger partial charge in [0.05, 0.1) is 17.1 Å². The van der Waals surface area contributed by atoms with E-state index in [1.807, 2.05) is 66.7 Å². The van der Waals surface area contributed by atoms with Crippen LogP contribution in [-0.2, 0) is 6.42 Å². The monoisotopic (exact) mass is 449 g/mol. The molecule has 0 aliphatic carbocycles. The average molecular weight is 450 g/mol. The molecule has 3 aromatic carbocycles. The number of rotatable bonds is 6. The van der Waals surface area contributed by atoms with Crippen molar-refractivity contribution in [2.45, 2.75) is 32.2 Å². The van der Waals surface area contributed by atoms with E-state index >= 15 is 0 Å². The van der Waals surface area contributed by atoms with E-state index in [1.165, 1.54) is 12.0 Å². The Hall–Kier alpha value is -3.66. The number of anilines is 1. The van der Waals surface area contributed by atoms with Crippen LogP contribution in [0.3, 0.4) is 0 Å². The summed E-state index contributed by atoms with van der Waals surface area (Å²) in [5.41, 5.74) is 3.85. The average Bonchev–Trinajstić information content (AvgIpc) is 2.88. The van der Waals surface area contributed by atoms with Gasteiger partial charge in [0.15, 0.2) is 0 Å². The number of nitrogens with zero attached hydrogens (tertiary/aromatic N) is 2. The van der Waals surface area contributed by atoms with Crippen molar-refractivity contribution in [2.75, 3.05) is 18.0 Å². The van der Waals surface area contributed by atoms with Crippen LogP contribution in [0.25, 0.3) is 10.9 Å². The van der Waals surface area contributed by atoms with Crippen LogP contribution >= 0.6 is 0 Å². The number of pyridine rings is 1. The highest BCUT2D eigenvalue weighted by Gasteiger charge is 2.22. The summed E-state index contributed by atoms with van der Waals surface area (Å²) in [6, 6.07) is 30.4. The Morgan fingerprint density at radius 1 is 1.00 bits per heavy atom. The first-order valence-corrected chi connectivity index (χ1v) is 12.2. The highest BCUT2D eigenvalue weighted by atomic mass is 16.1. The molecule has 1 aliphatic rings. The van der Waals surface area contributed by atoms with E-state index in [0.717, 1.165) is 48.2 Å². The summed E-state index contributed by atoms with van der Waals surface area (Å²) in [5, 5.41) is 4.23. The summed E-state index contributed by atoms with van der Waals surface area (Å²) < 4.78 is 0. The second-order valence-electron chi connectivity index (χ2n) is 9.37. The van der Waals surface area contributed by atoms with E-state index in [4.69, 9.17) is 4.98 Å². The fourth-order valence-electron chi connectivity index (χ4n) is 4.93. The van der Waals surface area contributed by atoms with E-state index < -0.39 is 0 Å². The van der Waals surface area contributed by atoms with Crippen molar-refractivity contribution in [1.82, 2.24) is 10.3 Å². The summed E-state index contributed by atoms with van der Waals surface area (Å²) in [7, 11) is 0. The zero-order valence-electron chi connectivity index (χ0n) is 19.7. The minimum absolute atomic E-state index is 0.0605. The van der Waals surface area contributed by atoms with Gasteiger partial charge < -0.3 is 10.2 Å². The molecule has 1 amide bonds. The summed E-state index contributed by atoms with van der Waals surface area (Å²) in [5.74, 6) is 1.47. The lowest BCUT2D eigenvalue weighted by atomic mass is 9.97. The second-order valence-corrected chi connectivity index (χ2v) is 9.37. The molecule has 4 nitrogen and oxygen atoms in total. The number of aromatic nitrogens is 1. The van der Waals surface area contributed by atoms with Crippen molar-refractivity contribution in [3.8, 4) is 0 Å². The molecule has 1 aliphatic heterocycles. The van der Waals surface area contributed by atoms with Gasteiger partial charge in [-0.05, 0) is 48.4 Å². The number of benzene rings is 3. The van der Waals surface area contributed by atoms with E-state index in [2.05, 4.69) is 41.4 Å². The standard InChI is InChI=1S/C30H31N3O/c1-22-11-10-18-33(21-22)29-20-26(25-16-8-9-17-27(25)31-29)30(34)32-28(24-14-6-3-7-15-24)19-23-12-4-2-5-13-23/h2-9,12-17,20,22,28H,10-11,18-19,21H2,1H3,(H,32,34).